The quantitative estimate of drug-likeness (QED) is 0.0261. The molecule has 0 spiro atoms. The summed E-state index contributed by atoms with van der Waals surface area (Å²) >= 11 is 0. The van der Waals surface area contributed by atoms with Gasteiger partial charge in [0.1, 0.15) is 13.2 Å². The molecule has 0 aliphatic heterocycles. The van der Waals surface area contributed by atoms with Crippen molar-refractivity contribution in [1.29, 1.82) is 0 Å². The first-order chi connectivity index (χ1) is 38.5. The first kappa shape index (κ1) is 74.1. The van der Waals surface area contributed by atoms with Crippen molar-refractivity contribution in [3.05, 3.63) is 109 Å². The fourth-order valence-electron chi connectivity index (χ4n) is 9.10. The van der Waals surface area contributed by atoms with Crippen molar-refractivity contribution in [2.75, 3.05) is 13.2 Å². The molecule has 0 fully saturated rings. The summed E-state index contributed by atoms with van der Waals surface area (Å²) in [5.41, 5.74) is 0. The lowest BCUT2D eigenvalue weighted by atomic mass is 10.0. The highest BCUT2D eigenvalue weighted by Gasteiger charge is 2.19. The number of rotatable bonds is 59. The number of carbonyl (C=O) groups is 3. The highest BCUT2D eigenvalue weighted by molar-refractivity contribution is 5.71. The molecule has 0 aliphatic carbocycles. The van der Waals surface area contributed by atoms with Crippen molar-refractivity contribution < 1.29 is 28.6 Å². The van der Waals surface area contributed by atoms with Gasteiger partial charge in [-0.25, -0.2) is 0 Å². The van der Waals surface area contributed by atoms with E-state index in [-0.39, 0.29) is 31.1 Å². The molecule has 1 unspecified atom stereocenters. The predicted molar refractivity (Wildman–Crippen MR) is 339 cm³/mol. The van der Waals surface area contributed by atoms with Crippen LogP contribution in [-0.4, -0.2) is 37.2 Å². The molecular weight excluding hydrogens is 961 g/mol. The van der Waals surface area contributed by atoms with Gasteiger partial charge in [-0.3, -0.25) is 14.4 Å². The van der Waals surface area contributed by atoms with Crippen LogP contribution in [0, 0.1) is 0 Å². The van der Waals surface area contributed by atoms with Gasteiger partial charge >= 0.3 is 17.9 Å². The zero-order chi connectivity index (χ0) is 56.4. The Morgan fingerprint density at radius 1 is 0.269 bits per heavy atom. The molecule has 0 amide bonds. The first-order valence-electron chi connectivity index (χ1n) is 32.9. The smallest absolute Gasteiger partial charge is 0.306 e. The Hall–Kier alpha value is -3.93. The summed E-state index contributed by atoms with van der Waals surface area (Å²) in [6, 6.07) is 0. The van der Waals surface area contributed by atoms with Crippen molar-refractivity contribution in [2.24, 2.45) is 0 Å². The van der Waals surface area contributed by atoms with Crippen LogP contribution in [0.3, 0.4) is 0 Å². The van der Waals surface area contributed by atoms with E-state index < -0.39 is 6.10 Å². The zero-order valence-corrected chi connectivity index (χ0v) is 51.2. The van der Waals surface area contributed by atoms with Crippen LogP contribution in [0.4, 0.5) is 0 Å². The SMILES string of the molecule is CC/C=C\C/C=C\C/C=C\C/C=C\C/C=C\C/C=C\CCCCCCC(=O)OCC(COC(=O)CCCCCCCCCCCCCCCCCCCC)OC(=O)CCCCCCCC/C=C\C/C=C\C/C=C\CCCCC. The molecule has 0 heterocycles. The maximum Gasteiger partial charge on any atom is 0.306 e. The number of unbranched alkanes of at least 4 members (excludes halogenated alkanes) is 30. The van der Waals surface area contributed by atoms with E-state index in [2.05, 4.69) is 130 Å². The molecule has 6 heteroatoms. The van der Waals surface area contributed by atoms with Crippen molar-refractivity contribution in [2.45, 2.75) is 316 Å². The second-order valence-corrected chi connectivity index (χ2v) is 21.6. The molecule has 0 N–H and O–H groups in total. The third-order valence-corrected chi connectivity index (χ3v) is 14.0. The van der Waals surface area contributed by atoms with Crippen LogP contribution < -0.4 is 0 Å². The lowest BCUT2D eigenvalue weighted by molar-refractivity contribution is -0.167. The molecule has 0 aromatic heterocycles. The Bertz CT molecular complexity index is 1570. The largest absolute Gasteiger partial charge is 0.462 e. The summed E-state index contributed by atoms with van der Waals surface area (Å²) in [6.07, 6.45) is 89.4. The summed E-state index contributed by atoms with van der Waals surface area (Å²) in [4.78, 5) is 38.4. The Balaban J connectivity index is 4.46. The van der Waals surface area contributed by atoms with E-state index in [0.29, 0.717) is 19.3 Å². The third kappa shape index (κ3) is 62.9. The number of hydrogen-bond donors (Lipinski definition) is 0. The van der Waals surface area contributed by atoms with Crippen molar-refractivity contribution in [3.8, 4) is 0 Å². The van der Waals surface area contributed by atoms with Gasteiger partial charge in [-0.05, 0) is 109 Å². The van der Waals surface area contributed by atoms with Crippen LogP contribution in [0.15, 0.2) is 109 Å². The average Bonchev–Trinajstić information content (AvgIpc) is 3.44. The molecule has 446 valence electrons. The van der Waals surface area contributed by atoms with Crippen LogP contribution in [-0.2, 0) is 28.6 Å². The molecule has 0 saturated carbocycles. The summed E-state index contributed by atoms with van der Waals surface area (Å²) in [5.74, 6) is -0.918. The molecule has 0 bridgehead atoms. The van der Waals surface area contributed by atoms with E-state index in [1.807, 2.05) is 0 Å². The van der Waals surface area contributed by atoms with Crippen molar-refractivity contribution in [3.63, 3.8) is 0 Å². The number of carbonyl (C=O) groups excluding carboxylic acids is 3. The van der Waals surface area contributed by atoms with Gasteiger partial charge in [0.25, 0.3) is 0 Å². The van der Waals surface area contributed by atoms with Gasteiger partial charge in [0.2, 0.25) is 0 Å². The van der Waals surface area contributed by atoms with Gasteiger partial charge in [0, 0.05) is 19.3 Å². The second kappa shape index (κ2) is 65.6. The topological polar surface area (TPSA) is 78.9 Å². The molecule has 6 nitrogen and oxygen atoms in total. The number of hydrogen-bond acceptors (Lipinski definition) is 6. The van der Waals surface area contributed by atoms with Crippen molar-refractivity contribution >= 4 is 17.9 Å². The predicted octanol–water partition coefficient (Wildman–Crippen LogP) is 22.6. The molecule has 1 atom stereocenters. The summed E-state index contributed by atoms with van der Waals surface area (Å²) in [6.45, 7) is 6.50. The van der Waals surface area contributed by atoms with E-state index in [9.17, 15) is 14.4 Å². The molecule has 0 aliphatic rings. The van der Waals surface area contributed by atoms with E-state index in [0.717, 1.165) is 135 Å². The lowest BCUT2D eigenvalue weighted by Gasteiger charge is -2.18. The second-order valence-electron chi connectivity index (χ2n) is 21.6. The molecule has 0 saturated heterocycles. The van der Waals surface area contributed by atoms with Gasteiger partial charge in [-0.15, -0.1) is 0 Å². The standard InChI is InChI=1S/C72H122O6/c1-4-7-10-13-16-19-22-25-28-31-34-35-36-37-39-41-44-47-50-53-56-59-62-65-71(74)77-68-69(67-76-70(73)64-61-58-55-52-49-46-43-40-33-30-27-24-21-18-15-12-9-6-3)78-72(75)66-63-60-57-54-51-48-45-42-38-32-29-26-23-20-17-14-11-8-5-2/h7,10,16-17,19-20,25-26,28-29,34-35,37-39,42,44,47,69H,4-6,8-9,11-15,18,21-24,27,30-33,36,40-41,43,45-46,48-68H2,1-3H3/b10-7-,19-16-,20-17-,28-25-,29-26-,35-34-,39-37-,42-38-,47-44-. The fourth-order valence-corrected chi connectivity index (χ4v) is 9.10. The van der Waals surface area contributed by atoms with Crippen LogP contribution in [0.2, 0.25) is 0 Å². The Morgan fingerprint density at radius 2 is 0.500 bits per heavy atom. The lowest BCUT2D eigenvalue weighted by Crippen LogP contribution is -2.30. The van der Waals surface area contributed by atoms with Gasteiger partial charge in [0.05, 0.1) is 0 Å². The minimum absolute atomic E-state index is 0.0905. The van der Waals surface area contributed by atoms with E-state index in [1.54, 1.807) is 0 Å². The third-order valence-electron chi connectivity index (χ3n) is 14.0. The summed E-state index contributed by atoms with van der Waals surface area (Å²) in [5, 5.41) is 0. The van der Waals surface area contributed by atoms with Gasteiger partial charge < -0.3 is 14.2 Å². The summed E-state index contributed by atoms with van der Waals surface area (Å²) < 4.78 is 16.9. The monoisotopic (exact) mass is 1080 g/mol. The Kier molecular flexibility index (Phi) is 62.3. The highest BCUT2D eigenvalue weighted by Crippen LogP contribution is 2.16. The molecule has 0 radical (unpaired) electrons. The minimum atomic E-state index is -0.798. The average molecular weight is 1080 g/mol. The normalized spacial score (nSPS) is 12.8. The van der Waals surface area contributed by atoms with Crippen LogP contribution in [0.25, 0.3) is 0 Å². The van der Waals surface area contributed by atoms with E-state index >= 15 is 0 Å². The maximum atomic E-state index is 12.9. The van der Waals surface area contributed by atoms with E-state index in [1.165, 1.54) is 135 Å². The fraction of sp³-hybridized carbons (Fsp3) is 0.708. The van der Waals surface area contributed by atoms with Crippen LogP contribution in [0.5, 0.6) is 0 Å². The van der Waals surface area contributed by atoms with Crippen LogP contribution in [0.1, 0.15) is 310 Å². The van der Waals surface area contributed by atoms with Gasteiger partial charge in [-0.1, -0.05) is 291 Å². The van der Waals surface area contributed by atoms with E-state index in [4.69, 9.17) is 14.2 Å². The minimum Gasteiger partial charge on any atom is -0.462 e. The molecule has 0 aromatic carbocycles. The number of esters is 3. The highest BCUT2D eigenvalue weighted by atomic mass is 16.6. The zero-order valence-electron chi connectivity index (χ0n) is 51.2. The Morgan fingerprint density at radius 3 is 0.808 bits per heavy atom. The summed E-state index contributed by atoms with van der Waals surface area (Å²) in [7, 11) is 0. The van der Waals surface area contributed by atoms with Gasteiger partial charge in [0.15, 0.2) is 6.10 Å². The molecule has 78 heavy (non-hydrogen) atoms. The van der Waals surface area contributed by atoms with Gasteiger partial charge in [-0.2, -0.15) is 0 Å². The first-order valence-corrected chi connectivity index (χ1v) is 32.9. The van der Waals surface area contributed by atoms with Crippen LogP contribution >= 0.6 is 0 Å². The molecular formula is C72H122O6. The maximum absolute atomic E-state index is 12.9. The molecule has 0 aromatic rings. The Labute approximate surface area is 482 Å². The van der Waals surface area contributed by atoms with Crippen molar-refractivity contribution in [1.82, 2.24) is 0 Å². The number of ether oxygens (including phenoxy) is 3. The number of allylic oxidation sites excluding steroid dienone is 18. The molecule has 0 rings (SSSR count).